The molecule has 0 bridgehead atoms. The smallest absolute Gasteiger partial charge is 0.252 e. The van der Waals surface area contributed by atoms with E-state index in [1.807, 2.05) is 31.2 Å². The summed E-state index contributed by atoms with van der Waals surface area (Å²) in [5.41, 5.74) is 2.26. The molecule has 1 aromatic carbocycles. The first-order valence-electron chi connectivity index (χ1n) is 7.51. The van der Waals surface area contributed by atoms with Crippen LogP contribution in [0.3, 0.4) is 0 Å². The fraction of sp³-hybridized carbons (Fsp3) is 0.412. The van der Waals surface area contributed by atoms with E-state index in [9.17, 15) is 4.79 Å². The second-order valence-electron chi connectivity index (χ2n) is 5.55. The van der Waals surface area contributed by atoms with Gasteiger partial charge in [0.15, 0.2) is 0 Å². The number of nitrogens with zero attached hydrogens (tertiary/aromatic N) is 1. The molecule has 5 nitrogen and oxygen atoms in total. The molecule has 1 aromatic heterocycles. The van der Waals surface area contributed by atoms with Crippen molar-refractivity contribution in [1.82, 2.24) is 10.3 Å². The van der Waals surface area contributed by atoms with E-state index < -0.39 is 0 Å². The minimum absolute atomic E-state index is 0.0485. The van der Waals surface area contributed by atoms with E-state index in [-0.39, 0.29) is 11.9 Å². The van der Waals surface area contributed by atoms with Crippen molar-refractivity contribution < 1.29 is 14.3 Å². The third-order valence-electron chi connectivity index (χ3n) is 3.95. The average molecular weight is 300 g/mol. The van der Waals surface area contributed by atoms with Crippen LogP contribution in [0, 0.1) is 6.92 Å². The van der Waals surface area contributed by atoms with Crippen molar-refractivity contribution in [3.63, 3.8) is 0 Å². The average Bonchev–Trinajstić information content (AvgIpc) is 2.54. The molecule has 1 fully saturated rings. The number of rotatable bonds is 3. The molecule has 0 atom stereocenters. The predicted octanol–water partition coefficient (Wildman–Crippen LogP) is 2.46. The van der Waals surface area contributed by atoms with E-state index in [1.54, 1.807) is 7.11 Å². The maximum atomic E-state index is 12.6. The third-order valence-corrected chi connectivity index (χ3v) is 3.95. The van der Waals surface area contributed by atoms with E-state index in [1.165, 1.54) is 0 Å². The molecule has 22 heavy (non-hydrogen) atoms. The van der Waals surface area contributed by atoms with Gasteiger partial charge in [-0.2, -0.15) is 0 Å². The monoisotopic (exact) mass is 300 g/mol. The molecule has 2 heterocycles. The highest BCUT2D eigenvalue weighted by Crippen LogP contribution is 2.23. The molecular formula is C17H20N2O3. The molecule has 1 N–H and O–H groups in total. The lowest BCUT2D eigenvalue weighted by Gasteiger charge is -2.23. The van der Waals surface area contributed by atoms with Gasteiger partial charge in [-0.1, -0.05) is 0 Å². The number of carbonyl (C=O) groups excluding carboxylic acids is 1. The Hall–Kier alpha value is -2.14. The SMILES string of the molecule is COc1ccc2c(C(=O)NC3CCOCC3)cc(C)nc2c1. The van der Waals surface area contributed by atoms with Gasteiger partial charge in [-0.25, -0.2) is 0 Å². The number of amides is 1. The molecule has 1 amide bonds. The highest BCUT2D eigenvalue weighted by atomic mass is 16.5. The summed E-state index contributed by atoms with van der Waals surface area (Å²) in [7, 11) is 1.62. The van der Waals surface area contributed by atoms with Crippen molar-refractivity contribution in [2.24, 2.45) is 0 Å². The fourth-order valence-electron chi connectivity index (χ4n) is 2.76. The van der Waals surface area contributed by atoms with Crippen molar-refractivity contribution in [3.8, 4) is 5.75 Å². The van der Waals surface area contributed by atoms with E-state index in [4.69, 9.17) is 9.47 Å². The van der Waals surface area contributed by atoms with Gasteiger partial charge < -0.3 is 14.8 Å². The van der Waals surface area contributed by atoms with Gasteiger partial charge in [0.1, 0.15) is 5.75 Å². The number of methoxy groups -OCH3 is 1. The van der Waals surface area contributed by atoms with Crippen LogP contribution in [0.1, 0.15) is 28.9 Å². The summed E-state index contributed by atoms with van der Waals surface area (Å²) in [5.74, 6) is 0.689. The largest absolute Gasteiger partial charge is 0.497 e. The Morgan fingerprint density at radius 1 is 1.32 bits per heavy atom. The highest BCUT2D eigenvalue weighted by molar-refractivity contribution is 6.06. The van der Waals surface area contributed by atoms with E-state index >= 15 is 0 Å². The van der Waals surface area contributed by atoms with Gasteiger partial charge >= 0.3 is 0 Å². The topological polar surface area (TPSA) is 60.5 Å². The highest BCUT2D eigenvalue weighted by Gasteiger charge is 2.19. The van der Waals surface area contributed by atoms with Crippen molar-refractivity contribution in [1.29, 1.82) is 0 Å². The van der Waals surface area contributed by atoms with Gasteiger partial charge in [0.25, 0.3) is 5.91 Å². The zero-order valence-electron chi connectivity index (χ0n) is 12.9. The minimum Gasteiger partial charge on any atom is -0.497 e. The van der Waals surface area contributed by atoms with Crippen LogP contribution in [0.15, 0.2) is 24.3 Å². The van der Waals surface area contributed by atoms with Crippen molar-refractivity contribution in [2.45, 2.75) is 25.8 Å². The molecule has 2 aromatic rings. The molecule has 1 aliphatic heterocycles. The molecule has 0 unspecified atom stereocenters. The number of pyridine rings is 1. The quantitative estimate of drug-likeness (QED) is 0.946. The Labute approximate surface area is 129 Å². The van der Waals surface area contributed by atoms with Crippen molar-refractivity contribution in [2.75, 3.05) is 20.3 Å². The Bertz CT molecular complexity index is 694. The minimum atomic E-state index is -0.0485. The number of fused-ring (bicyclic) bond motifs is 1. The Morgan fingerprint density at radius 2 is 2.09 bits per heavy atom. The van der Waals surface area contributed by atoms with E-state index in [0.717, 1.165) is 35.2 Å². The van der Waals surface area contributed by atoms with E-state index in [2.05, 4.69) is 10.3 Å². The second kappa shape index (κ2) is 6.32. The number of aryl methyl sites for hydroxylation is 1. The van der Waals surface area contributed by atoms with Crippen LogP contribution in [-0.2, 0) is 4.74 Å². The first kappa shape index (κ1) is 14.8. The molecule has 5 heteroatoms. The van der Waals surface area contributed by atoms with Gasteiger partial charge in [0.2, 0.25) is 0 Å². The summed E-state index contributed by atoms with van der Waals surface area (Å²) >= 11 is 0. The van der Waals surface area contributed by atoms with Gasteiger partial charge in [-0.05, 0) is 38.0 Å². The molecule has 116 valence electrons. The summed E-state index contributed by atoms with van der Waals surface area (Å²) in [6, 6.07) is 7.62. The summed E-state index contributed by atoms with van der Waals surface area (Å²) < 4.78 is 10.6. The number of benzene rings is 1. The Balaban J connectivity index is 1.93. The number of carbonyl (C=O) groups is 1. The lowest BCUT2D eigenvalue weighted by molar-refractivity contribution is 0.0697. The molecular weight excluding hydrogens is 280 g/mol. The Morgan fingerprint density at radius 3 is 2.82 bits per heavy atom. The summed E-state index contributed by atoms with van der Waals surface area (Å²) in [6.45, 7) is 3.31. The molecule has 1 aliphatic rings. The molecule has 0 saturated carbocycles. The fourth-order valence-corrected chi connectivity index (χ4v) is 2.76. The van der Waals surface area contributed by atoms with Crippen molar-refractivity contribution >= 4 is 16.8 Å². The van der Waals surface area contributed by atoms with Crippen LogP contribution in [0.4, 0.5) is 0 Å². The number of ether oxygens (including phenoxy) is 2. The zero-order valence-corrected chi connectivity index (χ0v) is 12.9. The van der Waals surface area contributed by atoms with E-state index in [0.29, 0.717) is 18.8 Å². The van der Waals surface area contributed by atoms with Crippen LogP contribution in [0.25, 0.3) is 10.9 Å². The molecule has 0 aliphatic carbocycles. The predicted molar refractivity (Wildman–Crippen MR) is 84.3 cm³/mol. The van der Waals surface area contributed by atoms with Gasteiger partial charge in [-0.3, -0.25) is 9.78 Å². The first-order chi connectivity index (χ1) is 10.7. The zero-order chi connectivity index (χ0) is 15.5. The summed E-state index contributed by atoms with van der Waals surface area (Å²) in [4.78, 5) is 17.1. The van der Waals surface area contributed by atoms with Gasteiger partial charge in [0.05, 0.1) is 18.2 Å². The normalized spacial score (nSPS) is 15.7. The van der Waals surface area contributed by atoms with Crippen LogP contribution in [0.2, 0.25) is 0 Å². The van der Waals surface area contributed by atoms with Crippen LogP contribution >= 0.6 is 0 Å². The van der Waals surface area contributed by atoms with Crippen LogP contribution in [-0.4, -0.2) is 37.3 Å². The van der Waals surface area contributed by atoms with Crippen molar-refractivity contribution in [3.05, 3.63) is 35.5 Å². The number of hydrogen-bond donors (Lipinski definition) is 1. The maximum Gasteiger partial charge on any atom is 0.252 e. The number of hydrogen-bond acceptors (Lipinski definition) is 4. The van der Waals surface area contributed by atoms with Gasteiger partial charge in [-0.15, -0.1) is 0 Å². The van der Waals surface area contributed by atoms with Crippen LogP contribution in [0.5, 0.6) is 5.75 Å². The summed E-state index contributed by atoms with van der Waals surface area (Å²) in [5, 5.41) is 3.95. The lowest BCUT2D eigenvalue weighted by Crippen LogP contribution is -2.39. The lowest BCUT2D eigenvalue weighted by atomic mass is 10.0. The number of nitrogens with one attached hydrogen (secondary N) is 1. The molecule has 0 spiro atoms. The molecule has 0 radical (unpaired) electrons. The summed E-state index contributed by atoms with van der Waals surface area (Å²) in [6.07, 6.45) is 1.73. The maximum absolute atomic E-state index is 12.6. The van der Waals surface area contributed by atoms with Gasteiger partial charge in [0, 0.05) is 36.4 Å². The Kier molecular flexibility index (Phi) is 4.24. The first-order valence-corrected chi connectivity index (χ1v) is 7.51. The molecule has 1 saturated heterocycles. The second-order valence-corrected chi connectivity index (χ2v) is 5.55. The number of aromatic nitrogens is 1. The van der Waals surface area contributed by atoms with Crippen LogP contribution < -0.4 is 10.1 Å². The standard InChI is InChI=1S/C17H20N2O3/c1-11-9-15(17(20)19-12-5-7-22-8-6-12)14-4-3-13(21-2)10-16(14)18-11/h3-4,9-10,12H,5-8H2,1-2H3,(H,19,20). The molecule has 3 rings (SSSR count). The third kappa shape index (κ3) is 3.04.